The zero-order valence-corrected chi connectivity index (χ0v) is 3.74. The van der Waals surface area contributed by atoms with Crippen LogP contribution in [-0.4, -0.2) is 23.1 Å². The van der Waals surface area contributed by atoms with Crippen LogP contribution >= 0.6 is 0 Å². The molecule has 5 nitrogen and oxygen atoms in total. The molecule has 0 amide bonds. The molecular formula is C2H7N3O2. The molecule has 3 N–H and O–H groups in total. The van der Waals surface area contributed by atoms with Crippen LogP contribution in [0.15, 0.2) is 5.22 Å². The lowest BCUT2D eigenvalue weighted by Crippen LogP contribution is -2.08. The first-order valence-electron chi connectivity index (χ1n) is 1.77. The highest BCUT2D eigenvalue weighted by molar-refractivity contribution is 4.14. The molecule has 0 aromatic rings. The van der Waals surface area contributed by atoms with Crippen molar-refractivity contribution >= 4 is 0 Å². The van der Waals surface area contributed by atoms with Crippen LogP contribution in [0.3, 0.4) is 0 Å². The highest BCUT2D eigenvalue weighted by atomic mass is 16.5. The van der Waals surface area contributed by atoms with Crippen molar-refractivity contribution in [1.29, 1.82) is 0 Å². The lowest BCUT2D eigenvalue weighted by Gasteiger charge is -1.98. The van der Waals surface area contributed by atoms with E-state index in [9.17, 15) is 5.21 Å². The van der Waals surface area contributed by atoms with E-state index in [1.165, 1.54) is 0 Å². The summed E-state index contributed by atoms with van der Waals surface area (Å²) in [5.74, 6) is 4.49. The maximum Gasteiger partial charge on any atom is 0.134 e. The third-order valence-corrected chi connectivity index (χ3v) is 0.420. The van der Waals surface area contributed by atoms with Gasteiger partial charge in [-0.05, 0) is 0 Å². The van der Waals surface area contributed by atoms with E-state index in [0.717, 1.165) is 0 Å². The first kappa shape index (κ1) is 6.16. The Kier molecular flexibility index (Phi) is 2.95. The summed E-state index contributed by atoms with van der Waals surface area (Å²) in [7, 11) is 0. The minimum atomic E-state index is -0.218. The summed E-state index contributed by atoms with van der Waals surface area (Å²) < 4.78 is 0. The fraction of sp³-hybridized carbons (Fsp3) is 1.00. The fourth-order valence-corrected chi connectivity index (χ4v) is 0.143. The largest absolute Gasteiger partial charge is 0.696 e. The van der Waals surface area contributed by atoms with Crippen LogP contribution in [-0.2, 0) is 0 Å². The Balaban J connectivity index is 3.17. The van der Waals surface area contributed by atoms with E-state index in [4.69, 9.17) is 5.11 Å². The first-order valence-corrected chi connectivity index (χ1v) is 1.77. The van der Waals surface area contributed by atoms with E-state index in [1.807, 2.05) is 0 Å². The van der Waals surface area contributed by atoms with Gasteiger partial charge in [-0.1, -0.05) is 0 Å². The monoisotopic (exact) mass is 105 g/mol. The van der Waals surface area contributed by atoms with Crippen molar-refractivity contribution < 1.29 is 9.97 Å². The predicted molar refractivity (Wildman–Crippen MR) is 22.2 cm³/mol. The smallest absolute Gasteiger partial charge is 0.134 e. The number of hydrogen-bond acceptors (Lipinski definition) is 3. The number of hydroxylamine groups is 1. The molecule has 5 heteroatoms. The van der Waals surface area contributed by atoms with Gasteiger partial charge in [-0.15, -0.1) is 0 Å². The zero-order chi connectivity index (χ0) is 5.70. The summed E-state index contributed by atoms with van der Waals surface area (Å²) in [5, 5.41) is 20.6. The van der Waals surface area contributed by atoms with Crippen molar-refractivity contribution in [1.82, 2.24) is 0 Å². The Hall–Kier alpha value is -0.840. The summed E-state index contributed by atoms with van der Waals surface area (Å²) in [4.78, 5) is 0.208. The van der Waals surface area contributed by atoms with Gasteiger partial charge in [0, 0.05) is 0 Å². The van der Waals surface area contributed by atoms with Gasteiger partial charge >= 0.3 is 0 Å². The molecule has 0 aliphatic carbocycles. The summed E-state index contributed by atoms with van der Waals surface area (Å²) in [5.41, 5.74) is 0. The summed E-state index contributed by atoms with van der Waals surface area (Å²) in [6.45, 7) is -0.277. The second-order valence-corrected chi connectivity index (χ2v) is 0.915. The van der Waals surface area contributed by atoms with Crippen molar-refractivity contribution in [3.05, 3.63) is 5.21 Å². The molecule has 0 heterocycles. The van der Waals surface area contributed by atoms with Crippen molar-refractivity contribution in [2.75, 3.05) is 13.2 Å². The van der Waals surface area contributed by atoms with E-state index < -0.39 is 0 Å². The molecule has 0 aliphatic heterocycles. The second-order valence-electron chi connectivity index (χ2n) is 0.915. The van der Waals surface area contributed by atoms with Crippen LogP contribution in [0.1, 0.15) is 0 Å². The van der Waals surface area contributed by atoms with E-state index in [0.29, 0.717) is 0 Å². The highest BCUT2D eigenvalue weighted by Gasteiger charge is 1.80. The molecule has 0 aromatic carbocycles. The van der Waals surface area contributed by atoms with Crippen LogP contribution in [0.5, 0.6) is 0 Å². The van der Waals surface area contributed by atoms with Gasteiger partial charge in [0.1, 0.15) is 6.54 Å². The fourth-order valence-electron chi connectivity index (χ4n) is 0.143. The van der Waals surface area contributed by atoms with Crippen LogP contribution in [0.2, 0.25) is 0 Å². The molecule has 0 fully saturated rings. The number of aliphatic hydroxyl groups is 1. The third kappa shape index (κ3) is 2.98. The summed E-state index contributed by atoms with van der Waals surface area (Å²) in [6.07, 6.45) is 0. The lowest BCUT2D eigenvalue weighted by molar-refractivity contribution is -0.533. The third-order valence-electron chi connectivity index (χ3n) is 0.420. The topological polar surface area (TPSA) is 84.7 Å². The van der Waals surface area contributed by atoms with Crippen molar-refractivity contribution in [2.24, 2.45) is 11.1 Å². The molecule has 7 heavy (non-hydrogen) atoms. The molecular weight excluding hydrogens is 98.0 g/mol. The molecule has 0 spiro atoms. The van der Waals surface area contributed by atoms with Gasteiger partial charge in [-0.25, -0.2) is 0 Å². The molecule has 0 bridgehead atoms. The standard InChI is InChI=1S/C2H7N3O2/c3-4-5(7)1-2-6/h6H,1-3H2. The Morgan fingerprint density at radius 1 is 1.86 bits per heavy atom. The Labute approximate surface area is 40.6 Å². The van der Waals surface area contributed by atoms with Crippen molar-refractivity contribution in [3.63, 3.8) is 0 Å². The maximum absolute atomic E-state index is 9.88. The van der Waals surface area contributed by atoms with Crippen LogP contribution < -0.4 is 5.84 Å². The average Bonchev–Trinajstić information content (AvgIpc) is 1.68. The van der Waals surface area contributed by atoms with Gasteiger partial charge in [-0.3, -0.25) is 0 Å². The summed E-state index contributed by atoms with van der Waals surface area (Å²) in [6, 6.07) is 0. The number of hydrogen-bond donors (Lipinski definition) is 2. The SMILES string of the molecule is NN=[N+]([O-])CCO. The van der Waals surface area contributed by atoms with Gasteiger partial charge in [0.05, 0.1) is 11.8 Å². The normalized spacial score (nSPS) is 11.9. The van der Waals surface area contributed by atoms with Crippen LogP contribution in [0.25, 0.3) is 0 Å². The quantitative estimate of drug-likeness (QED) is 0.200. The van der Waals surface area contributed by atoms with Gasteiger partial charge < -0.3 is 10.3 Å². The van der Waals surface area contributed by atoms with E-state index in [-0.39, 0.29) is 18.0 Å². The molecule has 0 aromatic heterocycles. The number of aliphatic hydroxyl groups excluding tert-OH is 1. The average molecular weight is 105 g/mol. The van der Waals surface area contributed by atoms with E-state index in [1.54, 1.807) is 0 Å². The Morgan fingerprint density at radius 2 is 2.43 bits per heavy atom. The molecule has 0 unspecified atom stereocenters. The molecule has 0 saturated carbocycles. The minimum Gasteiger partial charge on any atom is -0.696 e. The number of rotatable bonds is 2. The van der Waals surface area contributed by atoms with Gasteiger partial charge in [0.2, 0.25) is 0 Å². The molecule has 0 saturated heterocycles. The van der Waals surface area contributed by atoms with E-state index >= 15 is 0 Å². The van der Waals surface area contributed by atoms with Crippen LogP contribution in [0, 0.1) is 5.21 Å². The minimum absolute atomic E-state index is 0.0590. The Bertz CT molecular complexity index is 71.3. The maximum atomic E-state index is 9.88. The van der Waals surface area contributed by atoms with Gasteiger partial charge in [0.25, 0.3) is 0 Å². The zero-order valence-electron chi connectivity index (χ0n) is 3.74. The summed E-state index contributed by atoms with van der Waals surface area (Å²) >= 11 is 0. The first-order chi connectivity index (χ1) is 3.31. The molecule has 0 rings (SSSR count). The van der Waals surface area contributed by atoms with Crippen molar-refractivity contribution in [3.8, 4) is 0 Å². The molecule has 42 valence electrons. The van der Waals surface area contributed by atoms with Gasteiger partial charge in [-0.2, -0.15) is 10.7 Å². The van der Waals surface area contributed by atoms with Crippen LogP contribution in [0.4, 0.5) is 0 Å². The number of nitrogens with zero attached hydrogens (tertiary/aromatic N) is 2. The van der Waals surface area contributed by atoms with Crippen molar-refractivity contribution in [2.45, 2.75) is 0 Å². The molecule has 0 atom stereocenters. The molecule has 0 radical (unpaired) electrons. The van der Waals surface area contributed by atoms with E-state index in [2.05, 4.69) is 11.1 Å². The molecule has 0 aliphatic rings. The second kappa shape index (κ2) is 3.35. The Morgan fingerprint density at radius 3 is 2.57 bits per heavy atom. The predicted octanol–water partition coefficient (Wildman–Crippen LogP) is -1.19. The van der Waals surface area contributed by atoms with Gasteiger partial charge in [0.15, 0.2) is 0 Å². The number of nitrogens with two attached hydrogens (primary N) is 1. The lowest BCUT2D eigenvalue weighted by atomic mass is 10.7. The highest BCUT2D eigenvalue weighted by Crippen LogP contribution is 1.65.